The summed E-state index contributed by atoms with van der Waals surface area (Å²) in [6.45, 7) is 0. The molecule has 1 amide bonds. The second kappa shape index (κ2) is 7.26. The van der Waals surface area contributed by atoms with Crippen LogP contribution in [0.4, 0.5) is 32.0 Å². The van der Waals surface area contributed by atoms with Gasteiger partial charge in [0, 0.05) is 18.4 Å². The van der Waals surface area contributed by atoms with Gasteiger partial charge in [0.2, 0.25) is 0 Å². The minimum Gasteiger partial charge on any atom is -0.478 e. The van der Waals surface area contributed by atoms with E-state index < -0.39 is 112 Å². The third kappa shape index (κ3) is 3.69. The molecule has 0 spiro atoms. The van der Waals surface area contributed by atoms with Crippen molar-refractivity contribution in [2.45, 2.75) is 18.8 Å². The summed E-state index contributed by atoms with van der Waals surface area (Å²) in [4.78, 5) is 23.4. The summed E-state index contributed by atoms with van der Waals surface area (Å²) in [5.74, 6) is -16.4. The lowest BCUT2D eigenvalue weighted by atomic mass is 10.0. The van der Waals surface area contributed by atoms with Gasteiger partial charge in [-0.05, 0) is 5.56 Å². The molecule has 0 aliphatic heterocycles. The van der Waals surface area contributed by atoms with Gasteiger partial charge in [0.15, 0.2) is 23.3 Å². The first kappa shape index (κ1) is 14.7. The van der Waals surface area contributed by atoms with Crippen LogP contribution in [0.25, 0.3) is 11.1 Å². The summed E-state index contributed by atoms with van der Waals surface area (Å²) in [6, 6.07) is -5.40. The minimum absolute atomic E-state index is 0.944. The van der Waals surface area contributed by atoms with Crippen LogP contribution in [-0.2, 0) is 9.59 Å². The fourth-order valence-electron chi connectivity index (χ4n) is 2.74. The maximum absolute atomic E-state index is 14.8. The highest BCUT2D eigenvalue weighted by Gasteiger charge is 2.44. The lowest BCUT2D eigenvalue weighted by molar-refractivity contribution is -0.133. The van der Waals surface area contributed by atoms with E-state index in [1.54, 1.807) is 0 Å². The molecule has 1 aliphatic carbocycles. The van der Waals surface area contributed by atoms with Crippen LogP contribution in [-0.4, -0.2) is 22.9 Å². The predicted molar refractivity (Wildman–Crippen MR) is 89.2 cm³/mol. The Bertz CT molecular complexity index is 1260. The molecule has 0 unspecified atom stereocenters. The number of carbonyl (C=O) groups excluding carboxylic acids is 1. The summed E-state index contributed by atoms with van der Waals surface area (Å²) in [5.41, 5.74) is -6.78. The maximum Gasteiger partial charge on any atom is 0.332 e. The number of anilines is 1. The van der Waals surface area contributed by atoms with Crippen molar-refractivity contribution in [1.29, 1.82) is 0 Å². The normalized spacial score (nSPS) is 17.9. The van der Waals surface area contributed by atoms with Crippen molar-refractivity contribution in [2.24, 2.45) is 0 Å². The van der Waals surface area contributed by atoms with Gasteiger partial charge < -0.3 is 10.4 Å². The van der Waals surface area contributed by atoms with E-state index in [9.17, 15) is 35.9 Å². The van der Waals surface area contributed by atoms with E-state index in [0.29, 0.717) is 0 Å². The van der Waals surface area contributed by atoms with Crippen molar-refractivity contribution < 1.29 is 47.9 Å². The van der Waals surface area contributed by atoms with Crippen LogP contribution in [0.15, 0.2) is 41.4 Å². The molecule has 2 N–H and O–H groups in total. The fourth-order valence-corrected chi connectivity index (χ4v) is 2.74. The summed E-state index contributed by atoms with van der Waals surface area (Å²) in [7, 11) is 0. The number of carboxylic acids is 1. The third-order valence-corrected chi connectivity index (χ3v) is 4.02. The number of carboxylic acid groups (broad SMARTS) is 1. The fraction of sp³-hybridized carbons (Fsp3) is 0.158. The number of aliphatic carboxylic acids is 1. The van der Waals surface area contributed by atoms with E-state index in [1.807, 2.05) is 0 Å². The lowest BCUT2D eigenvalue weighted by Gasteiger charge is -2.14. The molecule has 0 saturated heterocycles. The van der Waals surface area contributed by atoms with E-state index in [-0.39, 0.29) is 0 Å². The highest BCUT2D eigenvalue weighted by molar-refractivity contribution is 6.09. The number of hydrogen-bond acceptors (Lipinski definition) is 2. The topological polar surface area (TPSA) is 66.4 Å². The van der Waals surface area contributed by atoms with Crippen molar-refractivity contribution in [3.05, 3.63) is 64.6 Å². The Morgan fingerprint density at radius 2 is 1.45 bits per heavy atom. The number of rotatable bonds is 4. The smallest absolute Gasteiger partial charge is 0.332 e. The third-order valence-electron chi connectivity index (χ3n) is 4.02. The maximum atomic E-state index is 14.8. The van der Waals surface area contributed by atoms with Crippen LogP contribution in [0, 0.1) is 23.3 Å². The number of carbonyl (C=O) groups is 2. The molecule has 10 heteroatoms. The van der Waals surface area contributed by atoms with Crippen LogP contribution in [0.1, 0.15) is 19.7 Å². The van der Waals surface area contributed by atoms with Crippen LogP contribution < -0.4 is 5.32 Å². The van der Waals surface area contributed by atoms with E-state index >= 15 is 0 Å². The summed E-state index contributed by atoms with van der Waals surface area (Å²) >= 11 is 0. The lowest BCUT2D eigenvalue weighted by Crippen LogP contribution is -2.20. The molecule has 0 aromatic heterocycles. The second-order valence-corrected chi connectivity index (χ2v) is 5.93. The van der Waals surface area contributed by atoms with Gasteiger partial charge in [-0.3, -0.25) is 4.79 Å². The average Bonchev–Trinajstić information content (AvgIpc) is 3.10. The van der Waals surface area contributed by atoms with Crippen molar-refractivity contribution in [3.63, 3.8) is 0 Å². The summed E-state index contributed by atoms with van der Waals surface area (Å²) < 4.78 is 124. The average molecular weight is 420 g/mol. The number of nitrogens with one attached hydrogen (secondary N) is 1. The Morgan fingerprint density at radius 3 is 1.97 bits per heavy atom. The Balaban J connectivity index is 2.17. The van der Waals surface area contributed by atoms with Gasteiger partial charge in [-0.25, -0.2) is 31.1 Å². The molecule has 0 heterocycles. The zero-order chi connectivity index (χ0) is 25.9. The van der Waals surface area contributed by atoms with E-state index in [0.717, 1.165) is 0 Å². The van der Waals surface area contributed by atoms with Gasteiger partial charge in [-0.2, -0.15) is 0 Å². The first-order valence-electron chi connectivity index (χ1n) is 10.2. The van der Waals surface area contributed by atoms with Crippen molar-refractivity contribution in [1.82, 2.24) is 0 Å². The van der Waals surface area contributed by atoms with E-state index in [1.165, 1.54) is 5.32 Å². The van der Waals surface area contributed by atoms with Gasteiger partial charge in [0.1, 0.15) is 5.69 Å². The molecule has 2 aromatic rings. The van der Waals surface area contributed by atoms with Crippen molar-refractivity contribution in [2.75, 3.05) is 5.32 Å². The molecule has 4 nitrogen and oxygen atoms in total. The Hall–Kier alpha value is -3.30. The zero-order valence-corrected chi connectivity index (χ0v) is 13.9. The monoisotopic (exact) mass is 420 g/mol. The molecule has 0 radical (unpaired) electrons. The molecule has 3 rings (SSSR count). The number of benzene rings is 2. The second-order valence-electron chi connectivity index (χ2n) is 5.93. The molecular weight excluding hydrogens is 404 g/mol. The SMILES string of the molecule is [2H]c1c([2H])c([2H])c(-c2c(F)c(F)c(NC(=O)C3=C(C(=O)O)CC(F)(F)C3)c(F)c2F)c([2H])c1[2H]. The first-order chi connectivity index (χ1) is 15.6. The summed E-state index contributed by atoms with van der Waals surface area (Å²) in [6.07, 6.45) is -2.76. The van der Waals surface area contributed by atoms with Gasteiger partial charge in [0.05, 0.1) is 18.0 Å². The molecule has 0 fully saturated rings. The molecular formula is C19H11F6NO3. The Kier molecular flexibility index (Phi) is 3.67. The van der Waals surface area contributed by atoms with Gasteiger partial charge in [-0.15, -0.1) is 0 Å². The molecule has 152 valence electrons. The quantitative estimate of drug-likeness (QED) is 0.559. The van der Waals surface area contributed by atoms with Crippen molar-refractivity contribution in [3.8, 4) is 11.1 Å². The van der Waals surface area contributed by atoms with Gasteiger partial charge in [-0.1, -0.05) is 30.2 Å². The van der Waals surface area contributed by atoms with Gasteiger partial charge >= 0.3 is 5.97 Å². The van der Waals surface area contributed by atoms with E-state index in [4.69, 9.17) is 12.0 Å². The molecule has 0 atom stereocenters. The van der Waals surface area contributed by atoms with Gasteiger partial charge in [0.25, 0.3) is 11.8 Å². The number of amides is 1. The van der Waals surface area contributed by atoms with Crippen LogP contribution in [0.5, 0.6) is 0 Å². The molecule has 1 aliphatic rings. The van der Waals surface area contributed by atoms with Crippen LogP contribution >= 0.6 is 0 Å². The highest BCUT2D eigenvalue weighted by atomic mass is 19.3. The Morgan fingerprint density at radius 1 is 0.931 bits per heavy atom. The number of halogens is 6. The number of hydrogen-bond donors (Lipinski definition) is 2. The number of alkyl halides is 2. The predicted octanol–water partition coefficient (Wildman–Crippen LogP) is 4.66. The first-order valence-corrected chi connectivity index (χ1v) is 7.68. The molecule has 2 aromatic carbocycles. The minimum atomic E-state index is -3.65. The molecule has 0 saturated carbocycles. The van der Waals surface area contributed by atoms with E-state index in [2.05, 4.69) is 0 Å². The Labute approximate surface area is 166 Å². The highest BCUT2D eigenvalue weighted by Crippen LogP contribution is 2.40. The molecule has 29 heavy (non-hydrogen) atoms. The standard InChI is InChI=1S/C19H11F6NO3/c20-12-11(8-4-2-1-3-5-8)13(21)15(23)16(14(12)22)26-17(27)9-6-19(24,25)7-10(9)18(28)29/h1-5H,6-7H2,(H,26,27)(H,28,29)/i1D,2D,3D,4D,5D. The van der Waals surface area contributed by atoms with Crippen molar-refractivity contribution >= 4 is 17.6 Å². The van der Waals surface area contributed by atoms with Crippen LogP contribution in [0.3, 0.4) is 0 Å². The largest absolute Gasteiger partial charge is 0.478 e. The van der Waals surface area contributed by atoms with Crippen LogP contribution in [0.2, 0.25) is 0 Å². The molecule has 0 bridgehead atoms. The summed E-state index contributed by atoms with van der Waals surface area (Å²) in [5, 5.41) is 10.3. The zero-order valence-electron chi connectivity index (χ0n) is 18.9.